The maximum absolute atomic E-state index is 12.0. The van der Waals surface area contributed by atoms with Crippen molar-refractivity contribution >= 4 is 27.3 Å². The summed E-state index contributed by atoms with van der Waals surface area (Å²) in [6.45, 7) is -1.21. The Balaban J connectivity index is 2.74. The lowest BCUT2D eigenvalue weighted by Gasteiger charge is -2.14. The number of nitrogens with one attached hydrogen (secondary N) is 1. The standard InChI is InChI=1S/C9H10F3NO5S2/c10-9(11,12)6(14)4-13-20(17,18)8-2-1-5(19-8)3-7(15)16/h1-2,6,13-14H,3-4H2,(H,15,16). The minimum absolute atomic E-state index is 0.245. The fraction of sp³-hybridized carbons (Fsp3) is 0.444. The van der Waals surface area contributed by atoms with Gasteiger partial charge in [0.15, 0.2) is 6.10 Å². The van der Waals surface area contributed by atoms with Crippen molar-refractivity contribution in [3.8, 4) is 0 Å². The first kappa shape index (κ1) is 16.9. The molecule has 11 heteroatoms. The van der Waals surface area contributed by atoms with Crippen LogP contribution in [0.4, 0.5) is 13.2 Å². The van der Waals surface area contributed by atoms with Gasteiger partial charge < -0.3 is 10.2 Å². The molecule has 0 aromatic carbocycles. The molecule has 6 nitrogen and oxygen atoms in total. The number of alkyl halides is 3. The summed E-state index contributed by atoms with van der Waals surface area (Å²) in [4.78, 5) is 10.7. The number of rotatable bonds is 6. The zero-order valence-electron chi connectivity index (χ0n) is 9.72. The molecule has 1 aromatic rings. The highest BCUT2D eigenvalue weighted by molar-refractivity contribution is 7.91. The molecule has 0 aliphatic rings. The van der Waals surface area contributed by atoms with Gasteiger partial charge in [0, 0.05) is 11.4 Å². The van der Waals surface area contributed by atoms with Crippen LogP contribution in [-0.4, -0.2) is 43.4 Å². The second kappa shape index (κ2) is 6.08. The molecule has 0 aliphatic carbocycles. The Hall–Kier alpha value is -1.17. The number of carbonyl (C=O) groups is 1. The first-order valence-corrected chi connectivity index (χ1v) is 7.37. The van der Waals surface area contributed by atoms with Gasteiger partial charge in [0.05, 0.1) is 6.42 Å². The molecule has 114 valence electrons. The van der Waals surface area contributed by atoms with Gasteiger partial charge in [-0.15, -0.1) is 11.3 Å². The van der Waals surface area contributed by atoms with Crippen LogP contribution in [-0.2, 0) is 21.2 Å². The molecule has 0 saturated carbocycles. The van der Waals surface area contributed by atoms with Crippen LogP contribution in [0.3, 0.4) is 0 Å². The van der Waals surface area contributed by atoms with Gasteiger partial charge >= 0.3 is 12.1 Å². The zero-order chi connectivity index (χ0) is 15.6. The average molecular weight is 333 g/mol. The quantitative estimate of drug-likeness (QED) is 0.706. The smallest absolute Gasteiger partial charge is 0.415 e. The van der Waals surface area contributed by atoms with Crippen molar-refractivity contribution in [1.82, 2.24) is 4.72 Å². The van der Waals surface area contributed by atoms with E-state index in [-0.39, 0.29) is 15.5 Å². The van der Waals surface area contributed by atoms with Gasteiger partial charge in [0.2, 0.25) is 10.0 Å². The normalized spacial score (nSPS) is 14.2. The summed E-state index contributed by atoms with van der Waals surface area (Å²) in [6.07, 6.45) is -8.12. The zero-order valence-corrected chi connectivity index (χ0v) is 11.3. The molecule has 0 saturated heterocycles. The second-order valence-corrected chi connectivity index (χ2v) is 6.86. The highest BCUT2D eigenvalue weighted by atomic mass is 32.2. The summed E-state index contributed by atoms with van der Waals surface area (Å²) in [7, 11) is -4.21. The number of aliphatic hydroxyl groups excluding tert-OH is 1. The van der Waals surface area contributed by atoms with E-state index in [2.05, 4.69) is 0 Å². The SMILES string of the molecule is O=C(O)Cc1ccc(S(=O)(=O)NCC(O)C(F)(F)F)s1. The van der Waals surface area contributed by atoms with Crippen molar-refractivity contribution < 1.29 is 36.6 Å². The summed E-state index contributed by atoms with van der Waals surface area (Å²) in [6, 6.07) is 2.35. The van der Waals surface area contributed by atoms with Gasteiger partial charge in [0.1, 0.15) is 4.21 Å². The van der Waals surface area contributed by atoms with E-state index >= 15 is 0 Å². The van der Waals surface area contributed by atoms with Crippen molar-refractivity contribution in [2.24, 2.45) is 0 Å². The Bertz CT molecular complexity index is 581. The van der Waals surface area contributed by atoms with Crippen LogP contribution in [0.2, 0.25) is 0 Å². The highest BCUT2D eigenvalue weighted by Crippen LogP contribution is 2.23. The van der Waals surface area contributed by atoms with Gasteiger partial charge in [-0.3, -0.25) is 4.79 Å². The van der Waals surface area contributed by atoms with E-state index < -0.39 is 34.8 Å². The molecular weight excluding hydrogens is 323 g/mol. The number of hydrogen-bond acceptors (Lipinski definition) is 5. The number of thiophene rings is 1. The van der Waals surface area contributed by atoms with E-state index in [1.165, 1.54) is 6.07 Å². The van der Waals surface area contributed by atoms with Crippen LogP contribution in [0, 0.1) is 0 Å². The van der Waals surface area contributed by atoms with E-state index in [1.807, 2.05) is 0 Å². The van der Waals surface area contributed by atoms with Gasteiger partial charge in [-0.2, -0.15) is 13.2 Å². The van der Waals surface area contributed by atoms with Crippen LogP contribution < -0.4 is 4.72 Å². The molecule has 0 spiro atoms. The van der Waals surface area contributed by atoms with Crippen LogP contribution in [0.5, 0.6) is 0 Å². The fourth-order valence-corrected chi connectivity index (χ4v) is 3.55. The minimum atomic E-state index is -4.92. The molecule has 1 rings (SSSR count). The van der Waals surface area contributed by atoms with Gasteiger partial charge in [-0.25, -0.2) is 13.1 Å². The third kappa shape index (κ3) is 4.74. The number of aliphatic carboxylic acids is 1. The predicted molar refractivity (Wildman–Crippen MR) is 62.9 cm³/mol. The lowest BCUT2D eigenvalue weighted by atomic mass is 10.3. The second-order valence-electron chi connectivity index (χ2n) is 3.70. The van der Waals surface area contributed by atoms with E-state index in [0.717, 1.165) is 6.07 Å². The van der Waals surface area contributed by atoms with E-state index in [1.54, 1.807) is 4.72 Å². The molecule has 3 N–H and O–H groups in total. The van der Waals surface area contributed by atoms with Crippen molar-refractivity contribution in [1.29, 1.82) is 0 Å². The van der Waals surface area contributed by atoms with E-state index in [9.17, 15) is 26.4 Å². The maximum Gasteiger partial charge on any atom is 0.415 e. The first-order chi connectivity index (χ1) is 9.02. The van der Waals surface area contributed by atoms with Gasteiger partial charge in [-0.05, 0) is 12.1 Å². The molecule has 0 amide bonds. The predicted octanol–water partition coefficient (Wildman–Crippen LogP) is 0.577. The molecule has 1 unspecified atom stereocenters. The molecule has 0 fully saturated rings. The highest BCUT2D eigenvalue weighted by Gasteiger charge is 2.38. The monoisotopic (exact) mass is 333 g/mol. The molecule has 0 aliphatic heterocycles. The average Bonchev–Trinajstić information content (AvgIpc) is 2.72. The van der Waals surface area contributed by atoms with Crippen LogP contribution in [0.25, 0.3) is 0 Å². The van der Waals surface area contributed by atoms with Crippen molar-refractivity contribution in [2.75, 3.05) is 6.54 Å². The lowest BCUT2D eigenvalue weighted by molar-refractivity contribution is -0.200. The Morgan fingerprint density at radius 1 is 1.40 bits per heavy atom. The summed E-state index contributed by atoms with van der Waals surface area (Å²) < 4.78 is 60.6. The number of sulfonamides is 1. The van der Waals surface area contributed by atoms with Crippen molar-refractivity contribution in [3.05, 3.63) is 17.0 Å². The Morgan fingerprint density at radius 3 is 2.50 bits per heavy atom. The van der Waals surface area contributed by atoms with Crippen LogP contribution in [0.15, 0.2) is 16.3 Å². The van der Waals surface area contributed by atoms with Crippen LogP contribution in [0.1, 0.15) is 4.88 Å². The number of aliphatic hydroxyl groups is 1. The molecule has 1 atom stereocenters. The number of carboxylic acids is 1. The minimum Gasteiger partial charge on any atom is -0.481 e. The summed E-state index contributed by atoms with van der Waals surface area (Å²) in [5.74, 6) is -1.16. The summed E-state index contributed by atoms with van der Waals surface area (Å²) in [5, 5.41) is 17.2. The Morgan fingerprint density at radius 2 is 2.00 bits per heavy atom. The molecule has 1 aromatic heterocycles. The van der Waals surface area contributed by atoms with Crippen molar-refractivity contribution in [2.45, 2.75) is 22.9 Å². The third-order valence-corrected chi connectivity index (χ3v) is 5.07. The largest absolute Gasteiger partial charge is 0.481 e. The molecule has 1 heterocycles. The Kier molecular flexibility index (Phi) is 5.13. The Labute approximate surface area is 115 Å². The molecule has 0 bridgehead atoms. The summed E-state index contributed by atoms with van der Waals surface area (Å²) in [5.41, 5.74) is 0. The summed E-state index contributed by atoms with van der Waals surface area (Å²) >= 11 is 0.633. The third-order valence-electron chi connectivity index (χ3n) is 2.07. The van der Waals surface area contributed by atoms with E-state index in [0.29, 0.717) is 11.3 Å². The molecule has 0 radical (unpaired) electrons. The lowest BCUT2D eigenvalue weighted by Crippen LogP contribution is -2.40. The fourth-order valence-electron chi connectivity index (χ4n) is 1.12. The van der Waals surface area contributed by atoms with Crippen LogP contribution >= 0.6 is 11.3 Å². The van der Waals surface area contributed by atoms with Gasteiger partial charge in [-0.1, -0.05) is 0 Å². The van der Waals surface area contributed by atoms with Crippen molar-refractivity contribution in [3.63, 3.8) is 0 Å². The number of hydrogen-bond donors (Lipinski definition) is 3. The van der Waals surface area contributed by atoms with Gasteiger partial charge in [0.25, 0.3) is 0 Å². The topological polar surface area (TPSA) is 104 Å². The van der Waals surface area contributed by atoms with E-state index in [4.69, 9.17) is 10.2 Å². The number of carboxylic acid groups (broad SMARTS) is 1. The molecule has 20 heavy (non-hydrogen) atoms. The molecular formula is C9H10F3NO5S2. The maximum atomic E-state index is 12.0. The first-order valence-electron chi connectivity index (χ1n) is 5.07. The number of halogens is 3.